The maximum atomic E-state index is 13.3. The molecule has 0 amide bonds. The second-order valence-corrected chi connectivity index (χ2v) is 6.63. The second-order valence-electron chi connectivity index (χ2n) is 5.90. The number of anilines is 1. The molecule has 0 aliphatic carbocycles. The van der Waals surface area contributed by atoms with Gasteiger partial charge in [0.05, 0.1) is 5.60 Å². The fraction of sp³-hybridized carbons (Fsp3) is 0.467. The van der Waals surface area contributed by atoms with Crippen molar-refractivity contribution in [1.29, 1.82) is 0 Å². The molecule has 0 radical (unpaired) electrons. The van der Waals surface area contributed by atoms with E-state index in [2.05, 4.69) is 14.3 Å². The molecule has 0 bridgehead atoms. The van der Waals surface area contributed by atoms with Crippen molar-refractivity contribution < 1.29 is 13.9 Å². The SMILES string of the molecule is CC1(O)CCCN(c2nc(-c3cc(F)cc(F)c3)ns2)CC1. The van der Waals surface area contributed by atoms with Crippen LogP contribution in [-0.2, 0) is 0 Å². The number of aliphatic hydroxyl groups is 1. The van der Waals surface area contributed by atoms with E-state index in [4.69, 9.17) is 0 Å². The van der Waals surface area contributed by atoms with Crippen molar-refractivity contribution in [2.45, 2.75) is 31.8 Å². The normalized spacial score (nSPS) is 22.6. The van der Waals surface area contributed by atoms with Crippen LogP contribution in [0, 0.1) is 11.6 Å². The molecular weight excluding hydrogens is 308 g/mol. The molecule has 2 heterocycles. The highest BCUT2D eigenvalue weighted by atomic mass is 32.1. The van der Waals surface area contributed by atoms with E-state index in [1.165, 1.54) is 23.7 Å². The summed E-state index contributed by atoms with van der Waals surface area (Å²) in [6.07, 6.45) is 2.29. The molecule has 1 saturated heterocycles. The molecule has 118 valence electrons. The van der Waals surface area contributed by atoms with Gasteiger partial charge in [0.25, 0.3) is 0 Å². The Morgan fingerprint density at radius 1 is 1.18 bits per heavy atom. The smallest absolute Gasteiger partial charge is 0.205 e. The molecule has 1 unspecified atom stereocenters. The van der Waals surface area contributed by atoms with Crippen molar-refractivity contribution in [1.82, 2.24) is 9.36 Å². The minimum Gasteiger partial charge on any atom is -0.390 e. The molecule has 1 aromatic heterocycles. The van der Waals surface area contributed by atoms with Gasteiger partial charge in [0.15, 0.2) is 5.82 Å². The first-order valence-electron chi connectivity index (χ1n) is 7.20. The Balaban J connectivity index is 1.81. The second kappa shape index (κ2) is 5.89. The van der Waals surface area contributed by atoms with E-state index in [0.717, 1.165) is 30.6 Å². The van der Waals surface area contributed by atoms with Gasteiger partial charge in [-0.25, -0.2) is 8.78 Å². The highest BCUT2D eigenvalue weighted by molar-refractivity contribution is 7.09. The first-order chi connectivity index (χ1) is 10.4. The fourth-order valence-corrected chi connectivity index (χ4v) is 3.34. The lowest BCUT2D eigenvalue weighted by Crippen LogP contribution is -2.28. The number of rotatable bonds is 2. The van der Waals surface area contributed by atoms with Gasteiger partial charge in [-0.2, -0.15) is 9.36 Å². The van der Waals surface area contributed by atoms with Crippen LogP contribution in [0.4, 0.5) is 13.9 Å². The Morgan fingerprint density at radius 3 is 2.64 bits per heavy atom. The van der Waals surface area contributed by atoms with Crippen molar-refractivity contribution in [2.75, 3.05) is 18.0 Å². The van der Waals surface area contributed by atoms with Gasteiger partial charge in [-0.3, -0.25) is 0 Å². The van der Waals surface area contributed by atoms with Crippen molar-refractivity contribution >= 4 is 16.7 Å². The topological polar surface area (TPSA) is 49.2 Å². The summed E-state index contributed by atoms with van der Waals surface area (Å²) in [6.45, 7) is 3.33. The highest BCUT2D eigenvalue weighted by Crippen LogP contribution is 2.29. The van der Waals surface area contributed by atoms with Crippen LogP contribution >= 0.6 is 11.5 Å². The van der Waals surface area contributed by atoms with E-state index in [1.807, 2.05) is 6.92 Å². The van der Waals surface area contributed by atoms with Crippen LogP contribution in [-0.4, -0.2) is 33.2 Å². The first-order valence-corrected chi connectivity index (χ1v) is 7.98. The van der Waals surface area contributed by atoms with Crippen LogP contribution in [0.5, 0.6) is 0 Å². The average molecular weight is 325 g/mol. The minimum atomic E-state index is -0.645. The van der Waals surface area contributed by atoms with Gasteiger partial charge >= 0.3 is 0 Å². The summed E-state index contributed by atoms with van der Waals surface area (Å²) < 4.78 is 30.8. The van der Waals surface area contributed by atoms with Crippen LogP contribution in [0.25, 0.3) is 11.4 Å². The van der Waals surface area contributed by atoms with Gasteiger partial charge in [-0.05, 0) is 38.3 Å². The zero-order valence-corrected chi connectivity index (χ0v) is 13.0. The largest absolute Gasteiger partial charge is 0.390 e. The quantitative estimate of drug-likeness (QED) is 0.921. The summed E-state index contributed by atoms with van der Waals surface area (Å²) in [5, 5.41) is 10.8. The van der Waals surface area contributed by atoms with Crippen molar-refractivity contribution in [3.8, 4) is 11.4 Å². The lowest BCUT2D eigenvalue weighted by Gasteiger charge is -2.21. The Hall–Kier alpha value is -1.60. The lowest BCUT2D eigenvalue weighted by molar-refractivity contribution is 0.0481. The summed E-state index contributed by atoms with van der Waals surface area (Å²) in [5.41, 5.74) is -0.310. The summed E-state index contributed by atoms with van der Waals surface area (Å²) in [7, 11) is 0. The number of hydrogen-bond donors (Lipinski definition) is 1. The van der Waals surface area contributed by atoms with Gasteiger partial charge in [0.1, 0.15) is 11.6 Å². The van der Waals surface area contributed by atoms with E-state index in [-0.39, 0.29) is 0 Å². The van der Waals surface area contributed by atoms with Crippen LogP contribution in [0.1, 0.15) is 26.2 Å². The van der Waals surface area contributed by atoms with Crippen LogP contribution in [0.15, 0.2) is 18.2 Å². The summed E-state index contributed by atoms with van der Waals surface area (Å²) in [4.78, 5) is 6.46. The Bertz CT molecular complexity index is 654. The fourth-order valence-electron chi connectivity index (χ4n) is 2.60. The maximum Gasteiger partial charge on any atom is 0.205 e. The van der Waals surface area contributed by atoms with Gasteiger partial charge in [-0.1, -0.05) is 0 Å². The molecule has 0 saturated carbocycles. The van der Waals surface area contributed by atoms with Crippen LogP contribution < -0.4 is 4.90 Å². The predicted octanol–water partition coefficient (Wildman–Crippen LogP) is 3.22. The first kappa shape index (κ1) is 15.3. The molecule has 0 spiro atoms. The standard InChI is InChI=1S/C15H17F2N3OS/c1-15(21)3-2-5-20(6-4-15)14-18-13(19-22-14)10-7-11(16)9-12(17)8-10/h7-9,21H,2-6H2,1H3. The molecule has 1 fully saturated rings. The third-order valence-corrected chi connectivity index (χ3v) is 4.65. The average Bonchev–Trinajstić information content (AvgIpc) is 2.84. The number of hydrogen-bond acceptors (Lipinski definition) is 5. The van der Waals surface area contributed by atoms with Gasteiger partial charge in [0.2, 0.25) is 5.13 Å². The molecule has 1 N–H and O–H groups in total. The Kier molecular flexibility index (Phi) is 4.10. The predicted molar refractivity (Wildman–Crippen MR) is 81.9 cm³/mol. The molecule has 1 aliphatic rings. The molecule has 7 heteroatoms. The van der Waals surface area contributed by atoms with Gasteiger partial charge < -0.3 is 10.0 Å². The molecule has 3 rings (SSSR count). The number of benzene rings is 1. The lowest BCUT2D eigenvalue weighted by atomic mass is 9.98. The van der Waals surface area contributed by atoms with Gasteiger partial charge in [0, 0.05) is 36.3 Å². The van der Waals surface area contributed by atoms with Crippen LogP contribution in [0.2, 0.25) is 0 Å². The third-order valence-electron chi connectivity index (χ3n) is 3.87. The summed E-state index contributed by atoms with van der Waals surface area (Å²) in [5.74, 6) is -0.955. The van der Waals surface area contributed by atoms with Gasteiger partial charge in [-0.15, -0.1) is 0 Å². The number of halogens is 2. The van der Waals surface area contributed by atoms with E-state index in [9.17, 15) is 13.9 Å². The summed E-state index contributed by atoms with van der Waals surface area (Å²) >= 11 is 1.21. The number of aromatic nitrogens is 2. The molecular formula is C15H17F2N3OS. The Morgan fingerprint density at radius 2 is 1.91 bits per heavy atom. The molecule has 4 nitrogen and oxygen atoms in total. The molecule has 1 aliphatic heterocycles. The third kappa shape index (κ3) is 3.41. The van der Waals surface area contributed by atoms with E-state index in [0.29, 0.717) is 24.4 Å². The number of nitrogens with zero attached hydrogens (tertiary/aromatic N) is 3. The zero-order valence-electron chi connectivity index (χ0n) is 12.2. The van der Waals surface area contributed by atoms with Crippen molar-refractivity contribution in [3.63, 3.8) is 0 Å². The molecule has 22 heavy (non-hydrogen) atoms. The van der Waals surface area contributed by atoms with Crippen molar-refractivity contribution in [3.05, 3.63) is 29.8 Å². The molecule has 2 aromatic rings. The summed E-state index contributed by atoms with van der Waals surface area (Å²) in [6, 6.07) is 3.28. The monoisotopic (exact) mass is 325 g/mol. The highest BCUT2D eigenvalue weighted by Gasteiger charge is 2.26. The molecule has 1 atom stereocenters. The zero-order chi connectivity index (χ0) is 15.7. The van der Waals surface area contributed by atoms with E-state index in [1.54, 1.807) is 0 Å². The van der Waals surface area contributed by atoms with Crippen molar-refractivity contribution in [2.24, 2.45) is 0 Å². The molecule has 1 aromatic carbocycles. The van der Waals surface area contributed by atoms with E-state index >= 15 is 0 Å². The minimum absolute atomic E-state index is 0.328. The van der Waals surface area contributed by atoms with Crippen LogP contribution in [0.3, 0.4) is 0 Å². The van der Waals surface area contributed by atoms with E-state index < -0.39 is 17.2 Å². The maximum absolute atomic E-state index is 13.3. The Labute approximate surface area is 131 Å².